The smallest absolute Gasteiger partial charge is 0.158 e. The van der Waals surface area contributed by atoms with Gasteiger partial charge in [0.1, 0.15) is 18.2 Å². The van der Waals surface area contributed by atoms with Crippen molar-refractivity contribution in [2.24, 2.45) is 0 Å². The molecular formula is C13H22N4OS. The normalized spacial score (nSPS) is 16.2. The van der Waals surface area contributed by atoms with Gasteiger partial charge in [-0.1, -0.05) is 0 Å². The Morgan fingerprint density at radius 1 is 1.37 bits per heavy atom. The lowest BCUT2D eigenvalue weighted by atomic mass is 10.3. The molecule has 0 saturated carbocycles. The van der Waals surface area contributed by atoms with E-state index in [1.807, 2.05) is 31.8 Å². The number of aromatic nitrogens is 2. The molecule has 6 heteroatoms. The summed E-state index contributed by atoms with van der Waals surface area (Å²) in [5, 5.41) is 3.10. The number of nitrogens with one attached hydrogen (secondary N) is 1. The Balaban J connectivity index is 2.17. The van der Waals surface area contributed by atoms with E-state index in [9.17, 15) is 0 Å². The lowest BCUT2D eigenvalue weighted by Crippen LogP contribution is -2.27. The van der Waals surface area contributed by atoms with Crippen LogP contribution in [0, 0.1) is 0 Å². The van der Waals surface area contributed by atoms with Crippen molar-refractivity contribution in [2.45, 2.75) is 20.0 Å². The summed E-state index contributed by atoms with van der Waals surface area (Å²) in [6.45, 7) is 5.26. The van der Waals surface area contributed by atoms with E-state index in [2.05, 4.69) is 20.2 Å². The van der Waals surface area contributed by atoms with Gasteiger partial charge in [-0.15, -0.1) is 0 Å². The second kappa shape index (κ2) is 7.55. The molecule has 0 aliphatic carbocycles. The van der Waals surface area contributed by atoms with Gasteiger partial charge in [0.25, 0.3) is 0 Å². The summed E-state index contributed by atoms with van der Waals surface area (Å²) in [4.78, 5) is 11.4. The molecule has 1 aliphatic rings. The average molecular weight is 282 g/mol. The van der Waals surface area contributed by atoms with Gasteiger partial charge < -0.3 is 15.0 Å². The van der Waals surface area contributed by atoms with Crippen molar-refractivity contribution < 1.29 is 4.74 Å². The van der Waals surface area contributed by atoms with Gasteiger partial charge in [-0.3, -0.25) is 0 Å². The fourth-order valence-corrected chi connectivity index (χ4v) is 2.89. The highest BCUT2D eigenvalue weighted by atomic mass is 32.2. The fourth-order valence-electron chi connectivity index (χ4n) is 2.01. The number of nitrogens with zero attached hydrogens (tertiary/aromatic N) is 3. The highest BCUT2D eigenvalue weighted by Crippen LogP contribution is 2.20. The molecule has 0 atom stereocenters. The van der Waals surface area contributed by atoms with E-state index in [-0.39, 0.29) is 0 Å². The Labute approximate surface area is 119 Å². The van der Waals surface area contributed by atoms with Crippen molar-refractivity contribution in [1.29, 1.82) is 0 Å². The van der Waals surface area contributed by atoms with Crippen LogP contribution in [0.4, 0.5) is 11.6 Å². The zero-order valence-electron chi connectivity index (χ0n) is 11.7. The van der Waals surface area contributed by atoms with Crippen molar-refractivity contribution in [3.8, 4) is 0 Å². The van der Waals surface area contributed by atoms with Crippen LogP contribution in [-0.2, 0) is 11.3 Å². The first-order valence-electron chi connectivity index (χ1n) is 6.79. The molecule has 1 N–H and O–H groups in total. The Kier molecular flexibility index (Phi) is 5.72. The van der Waals surface area contributed by atoms with Crippen molar-refractivity contribution in [3.05, 3.63) is 11.9 Å². The molecule has 0 unspecified atom stereocenters. The van der Waals surface area contributed by atoms with Crippen LogP contribution in [0.2, 0.25) is 0 Å². The van der Waals surface area contributed by atoms with Crippen molar-refractivity contribution in [1.82, 2.24) is 9.97 Å². The molecule has 1 aromatic rings. The van der Waals surface area contributed by atoms with E-state index >= 15 is 0 Å². The van der Waals surface area contributed by atoms with Crippen LogP contribution >= 0.6 is 11.8 Å². The fraction of sp³-hybridized carbons (Fsp3) is 0.692. The first-order chi connectivity index (χ1) is 9.33. The van der Waals surface area contributed by atoms with Gasteiger partial charge in [-0.05, 0) is 19.1 Å². The average Bonchev–Trinajstić information content (AvgIpc) is 2.73. The molecule has 1 aromatic heterocycles. The van der Waals surface area contributed by atoms with Crippen LogP contribution in [-0.4, -0.2) is 48.2 Å². The molecule has 19 heavy (non-hydrogen) atoms. The van der Waals surface area contributed by atoms with Crippen molar-refractivity contribution in [3.63, 3.8) is 0 Å². The van der Waals surface area contributed by atoms with Gasteiger partial charge in [0, 0.05) is 38.6 Å². The molecule has 0 radical (unpaired) electrons. The molecular weight excluding hydrogens is 260 g/mol. The zero-order valence-corrected chi connectivity index (χ0v) is 12.5. The van der Waals surface area contributed by atoms with Crippen LogP contribution in [0.3, 0.4) is 0 Å². The minimum atomic E-state index is 0.474. The first kappa shape index (κ1) is 14.4. The lowest BCUT2D eigenvalue weighted by molar-refractivity contribution is 0.128. The largest absolute Gasteiger partial charge is 0.374 e. The lowest BCUT2D eigenvalue weighted by Gasteiger charge is -2.22. The van der Waals surface area contributed by atoms with E-state index in [0.717, 1.165) is 30.5 Å². The van der Waals surface area contributed by atoms with Crippen LogP contribution in [0.5, 0.6) is 0 Å². The van der Waals surface area contributed by atoms with Gasteiger partial charge in [-0.25, -0.2) is 9.97 Å². The molecule has 0 aromatic carbocycles. The highest BCUT2D eigenvalue weighted by molar-refractivity contribution is 7.99. The highest BCUT2D eigenvalue weighted by Gasteiger charge is 2.13. The van der Waals surface area contributed by atoms with Crippen LogP contribution in [0.15, 0.2) is 6.07 Å². The summed E-state index contributed by atoms with van der Waals surface area (Å²) in [7, 11) is 1.88. The predicted octanol–water partition coefficient (Wildman–Crippen LogP) is 2.00. The van der Waals surface area contributed by atoms with Gasteiger partial charge in [0.05, 0.1) is 0 Å². The third-order valence-corrected chi connectivity index (χ3v) is 4.05. The van der Waals surface area contributed by atoms with Crippen molar-refractivity contribution in [2.75, 3.05) is 48.5 Å². The van der Waals surface area contributed by atoms with Gasteiger partial charge >= 0.3 is 0 Å². The van der Waals surface area contributed by atoms with E-state index in [0.29, 0.717) is 13.2 Å². The summed E-state index contributed by atoms with van der Waals surface area (Å²) < 4.78 is 5.41. The molecule has 1 saturated heterocycles. The summed E-state index contributed by atoms with van der Waals surface area (Å²) in [5.41, 5.74) is 0. The Morgan fingerprint density at radius 3 is 3.05 bits per heavy atom. The molecule has 0 bridgehead atoms. The molecule has 1 fully saturated rings. The Morgan fingerprint density at radius 2 is 2.26 bits per heavy atom. The monoisotopic (exact) mass is 282 g/mol. The maximum absolute atomic E-state index is 5.41. The first-order valence-corrected chi connectivity index (χ1v) is 7.95. The second-order valence-electron chi connectivity index (χ2n) is 4.37. The quantitative estimate of drug-likeness (QED) is 0.891. The van der Waals surface area contributed by atoms with E-state index in [4.69, 9.17) is 4.74 Å². The zero-order chi connectivity index (χ0) is 13.5. The summed E-state index contributed by atoms with van der Waals surface area (Å²) in [5.74, 6) is 5.03. The predicted molar refractivity (Wildman–Crippen MR) is 81.1 cm³/mol. The maximum atomic E-state index is 5.41. The van der Waals surface area contributed by atoms with Gasteiger partial charge in [-0.2, -0.15) is 11.8 Å². The van der Waals surface area contributed by atoms with Crippen LogP contribution in [0.1, 0.15) is 19.2 Å². The van der Waals surface area contributed by atoms with Crippen LogP contribution in [0.25, 0.3) is 0 Å². The van der Waals surface area contributed by atoms with E-state index < -0.39 is 0 Å². The minimum Gasteiger partial charge on any atom is -0.374 e. The van der Waals surface area contributed by atoms with Crippen LogP contribution < -0.4 is 10.2 Å². The van der Waals surface area contributed by atoms with Crippen molar-refractivity contribution >= 4 is 23.4 Å². The molecule has 1 aliphatic heterocycles. The van der Waals surface area contributed by atoms with Gasteiger partial charge in [0.15, 0.2) is 5.82 Å². The number of hydrogen-bond donors (Lipinski definition) is 1. The SMILES string of the molecule is CCOCc1nc(NC)cc(N2CCCSCC2)n1. The number of anilines is 2. The summed E-state index contributed by atoms with van der Waals surface area (Å²) in [6.07, 6.45) is 1.21. The number of hydrogen-bond acceptors (Lipinski definition) is 6. The molecule has 2 heterocycles. The number of rotatable bonds is 5. The Hall–Kier alpha value is -1.01. The summed E-state index contributed by atoms with van der Waals surface area (Å²) in [6, 6.07) is 2.02. The second-order valence-corrected chi connectivity index (χ2v) is 5.59. The minimum absolute atomic E-state index is 0.474. The molecule has 0 amide bonds. The number of ether oxygens (including phenoxy) is 1. The molecule has 2 rings (SSSR count). The third-order valence-electron chi connectivity index (χ3n) is 3.00. The standard InChI is InChI=1S/C13H22N4OS/c1-3-18-10-12-15-11(14-2)9-13(16-12)17-5-4-7-19-8-6-17/h9H,3-8,10H2,1-2H3,(H,14,15,16). The van der Waals surface area contributed by atoms with E-state index in [1.54, 1.807) is 0 Å². The van der Waals surface area contributed by atoms with E-state index in [1.165, 1.54) is 17.9 Å². The third kappa shape index (κ3) is 4.24. The Bertz CT molecular complexity index is 394. The topological polar surface area (TPSA) is 50.3 Å². The van der Waals surface area contributed by atoms with Gasteiger partial charge in [0.2, 0.25) is 0 Å². The summed E-state index contributed by atoms with van der Waals surface area (Å²) >= 11 is 2.02. The molecule has 0 spiro atoms. The maximum Gasteiger partial charge on any atom is 0.158 e. The number of thioether (sulfide) groups is 1. The molecule has 5 nitrogen and oxygen atoms in total. The molecule has 106 valence electrons.